The van der Waals surface area contributed by atoms with Gasteiger partial charge in [-0.2, -0.15) is 0 Å². The Balaban J connectivity index is 1.28. The molecule has 0 radical (unpaired) electrons. The third-order valence-corrected chi connectivity index (χ3v) is 7.71. The summed E-state index contributed by atoms with van der Waals surface area (Å²) in [7, 11) is 6.23. The van der Waals surface area contributed by atoms with Crippen LogP contribution in [0.5, 0.6) is 28.7 Å². The van der Waals surface area contributed by atoms with Crippen LogP contribution in [0, 0.1) is 0 Å². The van der Waals surface area contributed by atoms with Gasteiger partial charge < -0.3 is 29.0 Å². The zero-order chi connectivity index (χ0) is 30.2. The van der Waals surface area contributed by atoms with E-state index in [1.165, 1.54) is 14.2 Å². The van der Waals surface area contributed by atoms with Gasteiger partial charge in [0.1, 0.15) is 5.75 Å². The van der Waals surface area contributed by atoms with Crippen molar-refractivity contribution < 1.29 is 28.5 Å². The Morgan fingerprint density at radius 1 is 0.860 bits per heavy atom. The average Bonchev–Trinajstić information content (AvgIpc) is 3.37. The third-order valence-electron chi connectivity index (χ3n) is 7.71. The number of carbonyl (C=O) groups is 1. The quantitative estimate of drug-likeness (QED) is 0.231. The summed E-state index contributed by atoms with van der Waals surface area (Å²) in [6, 6.07) is 16.6. The van der Waals surface area contributed by atoms with Crippen LogP contribution in [-0.2, 0) is 11.2 Å². The van der Waals surface area contributed by atoms with Crippen molar-refractivity contribution in [3.63, 3.8) is 0 Å². The molecule has 3 aromatic carbocycles. The van der Waals surface area contributed by atoms with Crippen molar-refractivity contribution in [1.82, 2.24) is 14.7 Å². The molecule has 0 aliphatic heterocycles. The molecule has 10 nitrogen and oxygen atoms in total. The first kappa shape index (κ1) is 27.9. The molecule has 0 bridgehead atoms. The lowest BCUT2D eigenvalue weighted by atomic mass is 10.1. The highest BCUT2D eigenvalue weighted by Gasteiger charge is 2.23. The van der Waals surface area contributed by atoms with E-state index in [4.69, 9.17) is 23.7 Å². The minimum atomic E-state index is -0.744. The van der Waals surface area contributed by atoms with Gasteiger partial charge in [-0.15, -0.1) is 0 Å². The average molecular weight is 582 g/mol. The number of fused-ring (bicyclic) bond motifs is 5. The van der Waals surface area contributed by atoms with Gasteiger partial charge in [0, 0.05) is 28.9 Å². The fourth-order valence-corrected chi connectivity index (χ4v) is 5.64. The van der Waals surface area contributed by atoms with Crippen LogP contribution < -0.4 is 34.6 Å². The Bertz CT molecular complexity index is 2050. The number of rotatable bonds is 10. The number of ether oxygens (including phenoxy) is 5. The Morgan fingerprint density at radius 2 is 1.63 bits per heavy atom. The van der Waals surface area contributed by atoms with E-state index in [9.17, 15) is 9.59 Å². The number of carbonyl (C=O) groups excluding carboxylic acids is 1. The molecule has 0 saturated heterocycles. The van der Waals surface area contributed by atoms with E-state index < -0.39 is 6.10 Å². The molecule has 3 aromatic heterocycles. The normalized spacial score (nSPS) is 12.1. The van der Waals surface area contributed by atoms with Gasteiger partial charge in [0.15, 0.2) is 29.1 Å². The Kier molecular flexibility index (Phi) is 7.27. The van der Waals surface area contributed by atoms with E-state index >= 15 is 0 Å². The van der Waals surface area contributed by atoms with E-state index in [0.717, 1.165) is 16.3 Å². The monoisotopic (exact) mass is 581 g/mol. The predicted octanol–water partition coefficient (Wildman–Crippen LogP) is 4.75. The molecular weight excluding hydrogens is 550 g/mol. The van der Waals surface area contributed by atoms with E-state index in [2.05, 4.69) is 10.3 Å². The van der Waals surface area contributed by atoms with Gasteiger partial charge in [0.2, 0.25) is 0 Å². The number of nitrogens with one attached hydrogen (secondary N) is 1. The van der Waals surface area contributed by atoms with Gasteiger partial charge in [-0.3, -0.25) is 19.0 Å². The number of pyridine rings is 2. The minimum Gasteiger partial charge on any atom is -0.493 e. The molecule has 220 valence electrons. The first-order valence-corrected chi connectivity index (χ1v) is 13.8. The smallest absolute Gasteiger partial charge is 0.267 e. The first-order valence-electron chi connectivity index (χ1n) is 13.8. The summed E-state index contributed by atoms with van der Waals surface area (Å²) < 4.78 is 29.4. The van der Waals surface area contributed by atoms with Crippen LogP contribution >= 0.6 is 0 Å². The van der Waals surface area contributed by atoms with E-state index in [1.54, 1.807) is 43.9 Å². The second kappa shape index (κ2) is 11.2. The molecule has 0 aliphatic rings. The van der Waals surface area contributed by atoms with Crippen LogP contribution in [-0.4, -0.2) is 56.4 Å². The van der Waals surface area contributed by atoms with Crippen molar-refractivity contribution >= 4 is 44.0 Å². The summed E-state index contributed by atoms with van der Waals surface area (Å²) >= 11 is 0. The summed E-state index contributed by atoms with van der Waals surface area (Å²) in [6.07, 6.45) is 1.60. The number of hydrogen-bond donors (Lipinski definition) is 1. The van der Waals surface area contributed by atoms with Crippen molar-refractivity contribution in [3.05, 3.63) is 76.7 Å². The lowest BCUT2D eigenvalue weighted by molar-refractivity contribution is -0.127. The highest BCUT2D eigenvalue weighted by Crippen LogP contribution is 2.39. The molecule has 6 aromatic rings. The maximum Gasteiger partial charge on any atom is 0.267 e. The number of aromatic nitrogens is 2. The maximum atomic E-state index is 13.9. The summed E-state index contributed by atoms with van der Waals surface area (Å²) in [5, 5.41) is 5.67. The highest BCUT2D eigenvalue weighted by molar-refractivity contribution is 6.19. The first-order chi connectivity index (χ1) is 20.9. The fourth-order valence-electron chi connectivity index (χ4n) is 5.64. The minimum absolute atomic E-state index is 0.234. The number of nitrogens with zero attached hydrogens (tertiary/aromatic N) is 2. The van der Waals surface area contributed by atoms with Gasteiger partial charge in [-0.25, -0.2) is 0 Å². The second-order valence-electron chi connectivity index (χ2n) is 10.1. The fraction of sp³-hybridized carbons (Fsp3) is 0.242. The molecule has 1 N–H and O–H groups in total. The van der Waals surface area contributed by atoms with Gasteiger partial charge in [0.25, 0.3) is 11.5 Å². The molecule has 3 heterocycles. The molecule has 6 rings (SSSR count). The summed E-state index contributed by atoms with van der Waals surface area (Å²) in [4.78, 5) is 31.4. The molecular formula is C33H31N3O7. The summed E-state index contributed by atoms with van der Waals surface area (Å²) in [6.45, 7) is 2.14. The molecule has 1 amide bonds. The van der Waals surface area contributed by atoms with Gasteiger partial charge in [-0.05, 0) is 67.4 Å². The van der Waals surface area contributed by atoms with Crippen molar-refractivity contribution in [2.24, 2.45) is 0 Å². The van der Waals surface area contributed by atoms with Crippen molar-refractivity contribution in [2.45, 2.75) is 19.4 Å². The van der Waals surface area contributed by atoms with Crippen molar-refractivity contribution in [3.8, 4) is 28.7 Å². The van der Waals surface area contributed by atoms with E-state index in [0.29, 0.717) is 69.0 Å². The van der Waals surface area contributed by atoms with Crippen LogP contribution in [0.3, 0.4) is 0 Å². The second-order valence-corrected chi connectivity index (χ2v) is 10.1. The topological polar surface area (TPSA) is 110 Å². The molecule has 43 heavy (non-hydrogen) atoms. The van der Waals surface area contributed by atoms with Crippen LogP contribution in [0.1, 0.15) is 12.5 Å². The summed E-state index contributed by atoms with van der Waals surface area (Å²) in [5.41, 5.74) is 2.85. The SMILES string of the molecule is COc1ccc(CCNC(=O)[C@H](C)Oc2ccc3c(c2)c2ccnc4c5ccc(OC)c(OC)c5c(=O)n3c24)cc1OC. The molecule has 10 heteroatoms. The number of hydrogen-bond acceptors (Lipinski definition) is 8. The maximum absolute atomic E-state index is 13.9. The van der Waals surface area contributed by atoms with Gasteiger partial charge in [-0.1, -0.05) is 6.07 Å². The van der Waals surface area contributed by atoms with Gasteiger partial charge in [0.05, 0.1) is 50.4 Å². The van der Waals surface area contributed by atoms with Crippen LogP contribution in [0.4, 0.5) is 0 Å². The van der Waals surface area contributed by atoms with E-state index in [1.807, 2.05) is 42.5 Å². The molecule has 0 spiro atoms. The number of methoxy groups -OCH3 is 4. The standard InChI is InChI=1S/C33H31N3O7/c1-18(32(37)35-14-12-19-6-10-25(39-2)27(16-19)41-4)43-20-7-9-24-23(17-20)21-13-15-34-29-22-8-11-26(40-3)31(42-5)28(22)33(38)36(24)30(21)29/h6-11,13,15-18H,12,14H2,1-5H3,(H,35,37)/t18-/m0/s1. The lowest BCUT2D eigenvalue weighted by Gasteiger charge is -2.15. The molecule has 1 atom stereocenters. The molecule has 0 unspecified atom stereocenters. The largest absolute Gasteiger partial charge is 0.493 e. The molecule has 0 saturated carbocycles. The van der Waals surface area contributed by atoms with Crippen molar-refractivity contribution in [1.29, 1.82) is 0 Å². The highest BCUT2D eigenvalue weighted by atomic mass is 16.5. The van der Waals surface area contributed by atoms with E-state index in [-0.39, 0.29) is 11.5 Å². The zero-order valence-corrected chi connectivity index (χ0v) is 24.5. The van der Waals surface area contributed by atoms with Crippen LogP contribution in [0.25, 0.3) is 38.1 Å². The predicted molar refractivity (Wildman–Crippen MR) is 165 cm³/mol. The molecule has 0 fully saturated rings. The van der Waals surface area contributed by atoms with Crippen molar-refractivity contribution in [2.75, 3.05) is 35.0 Å². The number of benzene rings is 3. The number of amides is 1. The summed E-state index contributed by atoms with van der Waals surface area (Å²) in [5.74, 6) is 2.40. The Morgan fingerprint density at radius 3 is 2.37 bits per heavy atom. The Labute approximate surface area is 247 Å². The van der Waals surface area contributed by atoms with Crippen LogP contribution in [0.2, 0.25) is 0 Å². The van der Waals surface area contributed by atoms with Crippen LogP contribution in [0.15, 0.2) is 65.6 Å². The third kappa shape index (κ3) is 4.64. The molecule has 0 aliphatic carbocycles. The lowest BCUT2D eigenvalue weighted by Crippen LogP contribution is -2.37. The zero-order valence-electron chi connectivity index (χ0n) is 24.5. The Hall–Kier alpha value is -5.25. The van der Waals surface area contributed by atoms with Gasteiger partial charge >= 0.3 is 0 Å².